The molecule has 1 aromatic rings. The third-order valence-corrected chi connectivity index (χ3v) is 2.16. The van der Waals surface area contributed by atoms with Crippen molar-refractivity contribution >= 4 is 0 Å². The van der Waals surface area contributed by atoms with Crippen LogP contribution in [0.5, 0.6) is 5.75 Å². The van der Waals surface area contributed by atoms with Crippen LogP contribution < -0.4 is 10.5 Å². The third-order valence-electron chi connectivity index (χ3n) is 2.16. The van der Waals surface area contributed by atoms with E-state index in [4.69, 9.17) is 15.6 Å². The molecular weight excluding hydrogens is 190 g/mol. The number of hydrogen-bond acceptors (Lipinski definition) is 3. The minimum atomic E-state index is -0.304. The molecule has 0 saturated carbocycles. The Morgan fingerprint density at radius 3 is 2.53 bits per heavy atom. The van der Waals surface area contributed by atoms with Gasteiger partial charge in [-0.3, -0.25) is 0 Å². The highest BCUT2D eigenvalue weighted by Gasteiger charge is 1.97. The molecule has 0 bridgehead atoms. The number of aliphatic hydroxyl groups is 1. The molecule has 0 fully saturated rings. The Morgan fingerprint density at radius 2 is 2.00 bits per heavy atom. The highest BCUT2D eigenvalue weighted by Crippen LogP contribution is 2.12. The lowest BCUT2D eigenvalue weighted by Gasteiger charge is -2.08. The molecular formula is C12H19NO2. The van der Waals surface area contributed by atoms with Gasteiger partial charge in [-0.2, -0.15) is 0 Å². The van der Waals surface area contributed by atoms with Crippen molar-refractivity contribution < 1.29 is 9.84 Å². The molecule has 0 aliphatic rings. The van der Waals surface area contributed by atoms with Crippen molar-refractivity contribution in [3.05, 3.63) is 29.8 Å². The molecule has 3 N–H and O–H groups in total. The molecule has 1 unspecified atom stereocenters. The van der Waals surface area contributed by atoms with Crippen LogP contribution >= 0.6 is 0 Å². The van der Waals surface area contributed by atoms with E-state index in [1.165, 1.54) is 5.56 Å². The minimum Gasteiger partial charge on any atom is -0.493 e. The molecule has 0 amide bonds. The van der Waals surface area contributed by atoms with Crippen LogP contribution in [0.2, 0.25) is 0 Å². The lowest BCUT2D eigenvalue weighted by atomic mass is 10.1. The molecule has 15 heavy (non-hydrogen) atoms. The molecule has 1 rings (SSSR count). The number of rotatable bonds is 6. The summed E-state index contributed by atoms with van der Waals surface area (Å²) in [7, 11) is 0. The number of hydrogen-bond donors (Lipinski definition) is 2. The summed E-state index contributed by atoms with van der Waals surface area (Å²) in [6.07, 6.45) is 1.25. The lowest BCUT2D eigenvalue weighted by molar-refractivity contribution is 0.155. The van der Waals surface area contributed by atoms with Crippen molar-refractivity contribution in [2.75, 3.05) is 13.2 Å². The van der Waals surface area contributed by atoms with Gasteiger partial charge in [-0.25, -0.2) is 0 Å². The van der Waals surface area contributed by atoms with Gasteiger partial charge in [0, 0.05) is 6.42 Å². The molecule has 3 nitrogen and oxygen atoms in total. The summed E-state index contributed by atoms with van der Waals surface area (Å²) < 4.78 is 5.46. The Labute approximate surface area is 90.9 Å². The summed E-state index contributed by atoms with van der Waals surface area (Å²) in [5.74, 6) is 0.844. The smallest absolute Gasteiger partial charge is 0.119 e. The van der Waals surface area contributed by atoms with Crippen LogP contribution in [-0.2, 0) is 6.42 Å². The van der Waals surface area contributed by atoms with Gasteiger partial charge >= 0.3 is 0 Å². The van der Waals surface area contributed by atoms with E-state index in [0.29, 0.717) is 19.6 Å². The van der Waals surface area contributed by atoms with Crippen molar-refractivity contribution in [1.82, 2.24) is 0 Å². The number of aliphatic hydroxyl groups excluding tert-OH is 1. The van der Waals surface area contributed by atoms with Crippen molar-refractivity contribution in [1.29, 1.82) is 0 Å². The Balaban J connectivity index is 2.36. The van der Waals surface area contributed by atoms with Crippen molar-refractivity contribution in [3.8, 4) is 5.75 Å². The Morgan fingerprint density at radius 1 is 1.33 bits per heavy atom. The normalized spacial score (nSPS) is 12.5. The first-order chi connectivity index (χ1) is 7.22. The summed E-state index contributed by atoms with van der Waals surface area (Å²) in [6, 6.07) is 7.91. The van der Waals surface area contributed by atoms with Crippen LogP contribution in [0.1, 0.15) is 18.9 Å². The van der Waals surface area contributed by atoms with E-state index in [-0.39, 0.29) is 6.10 Å². The summed E-state index contributed by atoms with van der Waals surface area (Å²) in [5, 5.41) is 9.05. The number of nitrogens with two attached hydrogens (primary N) is 1. The summed E-state index contributed by atoms with van der Waals surface area (Å²) in [4.78, 5) is 0. The molecule has 0 aliphatic carbocycles. The largest absolute Gasteiger partial charge is 0.493 e. The highest BCUT2D eigenvalue weighted by atomic mass is 16.5. The van der Waals surface area contributed by atoms with E-state index < -0.39 is 0 Å². The highest BCUT2D eigenvalue weighted by molar-refractivity contribution is 5.27. The second-order valence-electron chi connectivity index (χ2n) is 3.67. The van der Waals surface area contributed by atoms with Gasteiger partial charge in [0.1, 0.15) is 5.75 Å². The van der Waals surface area contributed by atoms with Crippen LogP contribution in [0.3, 0.4) is 0 Å². The fraction of sp³-hybridized carbons (Fsp3) is 0.500. The van der Waals surface area contributed by atoms with Crippen LogP contribution in [0.25, 0.3) is 0 Å². The second kappa shape index (κ2) is 6.43. The van der Waals surface area contributed by atoms with Gasteiger partial charge in [0.2, 0.25) is 0 Å². The summed E-state index contributed by atoms with van der Waals surface area (Å²) in [5.41, 5.74) is 6.68. The molecule has 0 aromatic heterocycles. The zero-order chi connectivity index (χ0) is 11.1. The van der Waals surface area contributed by atoms with Crippen LogP contribution in [-0.4, -0.2) is 24.4 Å². The summed E-state index contributed by atoms with van der Waals surface area (Å²) >= 11 is 0. The maximum atomic E-state index is 9.05. The molecule has 0 saturated heterocycles. The second-order valence-corrected chi connectivity index (χ2v) is 3.67. The molecule has 3 heteroatoms. The molecule has 0 spiro atoms. The third kappa shape index (κ3) is 4.81. The van der Waals surface area contributed by atoms with Gasteiger partial charge in [0.05, 0.1) is 12.7 Å². The van der Waals surface area contributed by atoms with E-state index >= 15 is 0 Å². The topological polar surface area (TPSA) is 55.5 Å². The molecule has 0 radical (unpaired) electrons. The van der Waals surface area contributed by atoms with Crippen LogP contribution in [0, 0.1) is 0 Å². The minimum absolute atomic E-state index is 0.304. The molecule has 84 valence electrons. The van der Waals surface area contributed by atoms with Gasteiger partial charge in [-0.05, 0) is 37.6 Å². The van der Waals surface area contributed by atoms with Crippen molar-refractivity contribution in [3.63, 3.8) is 0 Å². The van der Waals surface area contributed by atoms with Gasteiger partial charge in [0.15, 0.2) is 0 Å². The van der Waals surface area contributed by atoms with Crippen molar-refractivity contribution in [2.24, 2.45) is 5.73 Å². The monoisotopic (exact) mass is 209 g/mol. The maximum Gasteiger partial charge on any atom is 0.119 e. The fourth-order valence-electron chi connectivity index (χ4n) is 1.27. The van der Waals surface area contributed by atoms with Gasteiger partial charge in [-0.15, -0.1) is 0 Å². The fourth-order valence-corrected chi connectivity index (χ4v) is 1.27. The van der Waals surface area contributed by atoms with Gasteiger partial charge in [-0.1, -0.05) is 12.1 Å². The Hall–Kier alpha value is -1.06. The quantitative estimate of drug-likeness (QED) is 0.743. The van der Waals surface area contributed by atoms with E-state index in [1.54, 1.807) is 6.92 Å². The average Bonchev–Trinajstić information content (AvgIpc) is 2.20. The Bertz CT molecular complexity index is 269. The van der Waals surface area contributed by atoms with E-state index in [1.807, 2.05) is 24.3 Å². The predicted octanol–water partition coefficient (Wildman–Crippen LogP) is 1.34. The summed E-state index contributed by atoms with van der Waals surface area (Å²) in [6.45, 7) is 2.98. The standard InChI is InChI=1S/C12H19NO2/c1-10(14)7-9-15-12-4-2-11(3-5-12)6-8-13/h2-5,10,14H,6-9,13H2,1H3. The first-order valence-corrected chi connectivity index (χ1v) is 5.32. The molecule has 0 heterocycles. The van der Waals surface area contributed by atoms with Crippen LogP contribution in [0.15, 0.2) is 24.3 Å². The van der Waals surface area contributed by atoms with E-state index in [0.717, 1.165) is 12.2 Å². The van der Waals surface area contributed by atoms with Crippen LogP contribution in [0.4, 0.5) is 0 Å². The zero-order valence-electron chi connectivity index (χ0n) is 9.15. The zero-order valence-corrected chi connectivity index (χ0v) is 9.15. The number of benzene rings is 1. The predicted molar refractivity (Wildman–Crippen MR) is 61.0 cm³/mol. The van der Waals surface area contributed by atoms with Crippen molar-refractivity contribution in [2.45, 2.75) is 25.9 Å². The molecule has 0 aliphatic heterocycles. The first-order valence-electron chi connectivity index (χ1n) is 5.32. The first kappa shape index (κ1) is 12.0. The average molecular weight is 209 g/mol. The lowest BCUT2D eigenvalue weighted by Crippen LogP contribution is -2.07. The van der Waals surface area contributed by atoms with Gasteiger partial charge in [0.25, 0.3) is 0 Å². The Kier molecular flexibility index (Phi) is 5.15. The van der Waals surface area contributed by atoms with Gasteiger partial charge < -0.3 is 15.6 Å². The van der Waals surface area contributed by atoms with E-state index in [9.17, 15) is 0 Å². The van der Waals surface area contributed by atoms with E-state index in [2.05, 4.69) is 0 Å². The molecule has 1 aromatic carbocycles. The maximum absolute atomic E-state index is 9.05. The molecule has 1 atom stereocenters. The SMILES string of the molecule is CC(O)CCOc1ccc(CCN)cc1. The number of ether oxygens (including phenoxy) is 1.